The smallest absolute Gasteiger partial charge is 0.234 e. The van der Waals surface area contributed by atoms with Gasteiger partial charge in [-0.05, 0) is 49.2 Å². The summed E-state index contributed by atoms with van der Waals surface area (Å²) in [7, 11) is 0. The highest BCUT2D eigenvalue weighted by Crippen LogP contribution is 2.27. The summed E-state index contributed by atoms with van der Waals surface area (Å²) in [5.74, 6) is 1.37. The molecular weight excluding hydrogens is 428 g/mol. The summed E-state index contributed by atoms with van der Waals surface area (Å²) in [5.41, 5.74) is 2.86. The highest BCUT2D eigenvalue weighted by atomic mass is 79.9. The average molecular weight is 447 g/mol. The zero-order valence-electron chi connectivity index (χ0n) is 15.0. The third-order valence-electron chi connectivity index (χ3n) is 3.86. The molecule has 0 aliphatic carbocycles. The standard InChI is InChI=1S/C19H19BrN4O2S/c1-4-7-24-18(15-6-5-8-26-15)22-23-19(24)27-11-16(25)21-17-12(2)9-14(20)10-13(17)3/h4-6,8-10H,1,7,11H2,2-3H3,(H,21,25). The Kier molecular flexibility index (Phi) is 6.18. The van der Waals surface area contributed by atoms with Crippen molar-refractivity contribution in [3.05, 3.63) is 58.8 Å². The van der Waals surface area contributed by atoms with Gasteiger partial charge in [0.05, 0.1) is 12.0 Å². The zero-order valence-corrected chi connectivity index (χ0v) is 17.4. The molecule has 2 aromatic heterocycles. The first-order chi connectivity index (χ1) is 13.0. The number of carbonyl (C=O) groups is 1. The fourth-order valence-corrected chi connectivity index (χ4v) is 4.13. The molecule has 0 saturated heterocycles. The minimum absolute atomic E-state index is 0.0961. The molecule has 0 radical (unpaired) electrons. The molecule has 1 amide bonds. The molecule has 0 unspecified atom stereocenters. The van der Waals surface area contributed by atoms with E-state index >= 15 is 0 Å². The van der Waals surface area contributed by atoms with Crippen LogP contribution in [0.15, 0.2) is 57.2 Å². The van der Waals surface area contributed by atoms with Crippen molar-refractivity contribution in [2.45, 2.75) is 25.5 Å². The fourth-order valence-electron chi connectivity index (χ4n) is 2.69. The van der Waals surface area contributed by atoms with Gasteiger partial charge >= 0.3 is 0 Å². The number of aromatic nitrogens is 3. The van der Waals surface area contributed by atoms with Crippen LogP contribution in [0.5, 0.6) is 0 Å². The van der Waals surface area contributed by atoms with E-state index in [1.807, 2.05) is 36.6 Å². The van der Waals surface area contributed by atoms with E-state index in [4.69, 9.17) is 4.42 Å². The predicted molar refractivity (Wildman–Crippen MR) is 111 cm³/mol. The van der Waals surface area contributed by atoms with Gasteiger partial charge in [0, 0.05) is 16.7 Å². The Labute approximate surface area is 170 Å². The summed E-state index contributed by atoms with van der Waals surface area (Å²) in [6.45, 7) is 8.24. The maximum atomic E-state index is 12.4. The van der Waals surface area contributed by atoms with Gasteiger partial charge in [0.1, 0.15) is 0 Å². The molecule has 140 valence electrons. The summed E-state index contributed by atoms with van der Waals surface area (Å²) in [6, 6.07) is 7.58. The Bertz CT molecular complexity index is 943. The van der Waals surface area contributed by atoms with E-state index in [-0.39, 0.29) is 11.7 Å². The molecular formula is C19H19BrN4O2S. The fraction of sp³-hybridized carbons (Fsp3) is 0.211. The lowest BCUT2D eigenvalue weighted by Gasteiger charge is -2.12. The monoisotopic (exact) mass is 446 g/mol. The van der Waals surface area contributed by atoms with Gasteiger partial charge in [0.15, 0.2) is 10.9 Å². The van der Waals surface area contributed by atoms with Gasteiger partial charge in [-0.3, -0.25) is 9.36 Å². The van der Waals surface area contributed by atoms with Crippen LogP contribution in [-0.4, -0.2) is 26.4 Å². The molecule has 3 rings (SSSR count). The minimum atomic E-state index is -0.0961. The highest BCUT2D eigenvalue weighted by molar-refractivity contribution is 9.10. The number of halogens is 1. The molecule has 3 aromatic rings. The largest absolute Gasteiger partial charge is 0.461 e. The van der Waals surface area contributed by atoms with Crippen LogP contribution in [0.1, 0.15) is 11.1 Å². The van der Waals surface area contributed by atoms with E-state index in [2.05, 4.69) is 38.0 Å². The number of furan rings is 1. The van der Waals surface area contributed by atoms with Gasteiger partial charge in [0.25, 0.3) is 0 Å². The van der Waals surface area contributed by atoms with Crippen LogP contribution in [0.3, 0.4) is 0 Å². The van der Waals surface area contributed by atoms with E-state index < -0.39 is 0 Å². The number of hydrogen-bond acceptors (Lipinski definition) is 5. The first kappa shape index (κ1) is 19.4. The molecule has 0 aliphatic heterocycles. The van der Waals surface area contributed by atoms with Crippen LogP contribution in [0.25, 0.3) is 11.6 Å². The normalized spacial score (nSPS) is 10.8. The van der Waals surface area contributed by atoms with Crippen molar-refractivity contribution < 1.29 is 9.21 Å². The first-order valence-electron chi connectivity index (χ1n) is 8.27. The Morgan fingerprint density at radius 2 is 2.11 bits per heavy atom. The van der Waals surface area contributed by atoms with Gasteiger partial charge in [-0.1, -0.05) is 33.8 Å². The number of benzene rings is 1. The SMILES string of the molecule is C=CCn1c(SCC(=O)Nc2c(C)cc(Br)cc2C)nnc1-c1ccco1. The molecule has 0 fully saturated rings. The Balaban J connectivity index is 1.72. The van der Waals surface area contributed by atoms with Crippen LogP contribution in [-0.2, 0) is 11.3 Å². The van der Waals surface area contributed by atoms with Gasteiger partial charge in [-0.2, -0.15) is 0 Å². The minimum Gasteiger partial charge on any atom is -0.461 e. The van der Waals surface area contributed by atoms with Crippen LogP contribution in [0.2, 0.25) is 0 Å². The number of hydrogen-bond donors (Lipinski definition) is 1. The number of rotatable bonds is 7. The van der Waals surface area contributed by atoms with E-state index in [0.29, 0.717) is 23.3 Å². The molecule has 1 N–H and O–H groups in total. The highest BCUT2D eigenvalue weighted by Gasteiger charge is 2.17. The number of carbonyl (C=O) groups excluding carboxylic acids is 1. The topological polar surface area (TPSA) is 73.0 Å². The number of allylic oxidation sites excluding steroid dienone is 1. The number of anilines is 1. The van der Waals surface area contributed by atoms with Crippen molar-refractivity contribution in [3.8, 4) is 11.6 Å². The lowest BCUT2D eigenvalue weighted by atomic mass is 10.1. The summed E-state index contributed by atoms with van der Waals surface area (Å²) in [6.07, 6.45) is 3.35. The molecule has 0 saturated carbocycles. The van der Waals surface area contributed by atoms with Crippen molar-refractivity contribution >= 4 is 39.3 Å². The molecule has 0 atom stereocenters. The second kappa shape index (κ2) is 8.58. The number of aryl methyl sites for hydroxylation is 2. The van der Waals surface area contributed by atoms with E-state index in [9.17, 15) is 4.79 Å². The van der Waals surface area contributed by atoms with Crippen molar-refractivity contribution in [2.75, 3.05) is 11.1 Å². The van der Waals surface area contributed by atoms with Gasteiger partial charge < -0.3 is 9.73 Å². The van der Waals surface area contributed by atoms with E-state index in [1.165, 1.54) is 11.8 Å². The van der Waals surface area contributed by atoms with Crippen LogP contribution in [0, 0.1) is 13.8 Å². The first-order valence-corrected chi connectivity index (χ1v) is 10.0. The molecule has 27 heavy (non-hydrogen) atoms. The van der Waals surface area contributed by atoms with Crippen molar-refractivity contribution in [2.24, 2.45) is 0 Å². The Hall–Kier alpha value is -2.32. The second-order valence-corrected chi connectivity index (χ2v) is 7.79. The van der Waals surface area contributed by atoms with Crippen LogP contribution < -0.4 is 5.32 Å². The predicted octanol–water partition coefficient (Wildman–Crippen LogP) is 4.83. The van der Waals surface area contributed by atoms with Gasteiger partial charge in [0.2, 0.25) is 11.7 Å². The molecule has 2 heterocycles. The molecule has 0 aliphatic rings. The molecule has 0 spiro atoms. The number of nitrogens with zero attached hydrogens (tertiary/aromatic N) is 3. The Morgan fingerprint density at radius 3 is 2.74 bits per heavy atom. The molecule has 6 nitrogen and oxygen atoms in total. The Morgan fingerprint density at radius 1 is 1.37 bits per heavy atom. The van der Waals surface area contributed by atoms with Gasteiger partial charge in [-0.25, -0.2) is 0 Å². The van der Waals surface area contributed by atoms with Crippen molar-refractivity contribution in [1.29, 1.82) is 0 Å². The van der Waals surface area contributed by atoms with Crippen LogP contribution in [0.4, 0.5) is 5.69 Å². The van der Waals surface area contributed by atoms with Gasteiger partial charge in [-0.15, -0.1) is 16.8 Å². The zero-order chi connectivity index (χ0) is 19.4. The molecule has 8 heteroatoms. The second-order valence-electron chi connectivity index (χ2n) is 5.93. The summed E-state index contributed by atoms with van der Waals surface area (Å²) >= 11 is 4.79. The van der Waals surface area contributed by atoms with E-state index in [0.717, 1.165) is 21.3 Å². The summed E-state index contributed by atoms with van der Waals surface area (Å²) in [5, 5.41) is 12.0. The van der Waals surface area contributed by atoms with Crippen molar-refractivity contribution in [1.82, 2.24) is 14.8 Å². The quantitative estimate of drug-likeness (QED) is 0.415. The number of amides is 1. The molecule has 1 aromatic carbocycles. The third-order valence-corrected chi connectivity index (χ3v) is 5.29. The van der Waals surface area contributed by atoms with E-state index in [1.54, 1.807) is 18.4 Å². The lowest BCUT2D eigenvalue weighted by Crippen LogP contribution is -2.16. The van der Waals surface area contributed by atoms with Crippen molar-refractivity contribution in [3.63, 3.8) is 0 Å². The molecule has 0 bridgehead atoms. The maximum absolute atomic E-state index is 12.4. The summed E-state index contributed by atoms with van der Waals surface area (Å²) < 4.78 is 8.28. The number of thioether (sulfide) groups is 1. The van der Waals surface area contributed by atoms with Crippen LogP contribution >= 0.6 is 27.7 Å². The average Bonchev–Trinajstić information content (AvgIpc) is 3.26. The third kappa shape index (κ3) is 4.51. The summed E-state index contributed by atoms with van der Waals surface area (Å²) in [4.78, 5) is 12.4. The lowest BCUT2D eigenvalue weighted by molar-refractivity contribution is -0.113. The number of nitrogens with one attached hydrogen (secondary N) is 1. The maximum Gasteiger partial charge on any atom is 0.234 e.